The molecule has 84 valence electrons. The van der Waals surface area contributed by atoms with E-state index in [0.29, 0.717) is 10.5 Å². The molecule has 0 atom stereocenters. The Labute approximate surface area is 100 Å². The highest BCUT2D eigenvalue weighted by Gasteiger charge is 2.17. The molecular formula is C11H6ClN3O2. The van der Waals surface area contributed by atoms with E-state index in [0.717, 1.165) is 16.3 Å². The lowest BCUT2D eigenvalue weighted by Gasteiger charge is -1.95. The number of rotatable bonds is 1. The number of pyridine rings is 1. The highest BCUT2D eigenvalue weighted by atomic mass is 35.5. The van der Waals surface area contributed by atoms with Crippen LogP contribution in [0.1, 0.15) is 0 Å². The number of nitro benzene ring substituents is 1. The fourth-order valence-corrected chi connectivity index (χ4v) is 2.16. The predicted octanol–water partition coefficient (Wildman–Crippen LogP) is 3.28. The van der Waals surface area contributed by atoms with E-state index in [4.69, 9.17) is 11.6 Å². The molecule has 5 nitrogen and oxygen atoms in total. The van der Waals surface area contributed by atoms with Gasteiger partial charge in [-0.1, -0.05) is 11.6 Å². The van der Waals surface area contributed by atoms with E-state index in [1.54, 1.807) is 24.5 Å². The maximum atomic E-state index is 11.0. The molecule has 2 aromatic heterocycles. The summed E-state index contributed by atoms with van der Waals surface area (Å²) in [4.78, 5) is 17.5. The lowest BCUT2D eigenvalue weighted by Crippen LogP contribution is -1.89. The van der Waals surface area contributed by atoms with Crippen molar-refractivity contribution in [2.75, 3.05) is 0 Å². The largest absolute Gasteiger partial charge is 0.348 e. The second-order valence-electron chi connectivity index (χ2n) is 3.65. The molecule has 0 fully saturated rings. The third-order valence-corrected chi connectivity index (χ3v) is 2.87. The molecule has 0 aliphatic heterocycles. The number of nitrogens with zero attached hydrogens (tertiary/aromatic N) is 2. The van der Waals surface area contributed by atoms with Crippen LogP contribution in [0.3, 0.4) is 0 Å². The molecule has 1 N–H and O–H groups in total. The van der Waals surface area contributed by atoms with Gasteiger partial charge in [0, 0.05) is 28.1 Å². The van der Waals surface area contributed by atoms with Crippen LogP contribution in [0.2, 0.25) is 5.02 Å². The first kappa shape index (κ1) is 10.0. The van der Waals surface area contributed by atoms with E-state index in [-0.39, 0.29) is 5.69 Å². The second-order valence-corrected chi connectivity index (χ2v) is 4.09. The van der Waals surface area contributed by atoms with Crippen molar-refractivity contribution in [1.29, 1.82) is 0 Å². The quantitative estimate of drug-likeness (QED) is 0.531. The van der Waals surface area contributed by atoms with Crippen LogP contribution in [-0.2, 0) is 0 Å². The summed E-state index contributed by atoms with van der Waals surface area (Å²) in [5.74, 6) is 0. The Balaban J connectivity index is 2.55. The molecule has 0 saturated carbocycles. The number of hydrogen-bond acceptors (Lipinski definition) is 3. The molecule has 3 rings (SSSR count). The third kappa shape index (κ3) is 1.43. The smallest absolute Gasteiger partial charge is 0.294 e. The molecular weight excluding hydrogens is 244 g/mol. The van der Waals surface area contributed by atoms with Gasteiger partial charge in [-0.3, -0.25) is 15.1 Å². The van der Waals surface area contributed by atoms with Crippen LogP contribution in [0.15, 0.2) is 30.6 Å². The second kappa shape index (κ2) is 3.43. The normalized spacial score (nSPS) is 11.1. The molecule has 0 radical (unpaired) electrons. The topological polar surface area (TPSA) is 71.8 Å². The fraction of sp³-hybridized carbons (Fsp3) is 0. The van der Waals surface area contributed by atoms with Crippen molar-refractivity contribution in [2.45, 2.75) is 0 Å². The SMILES string of the molecule is O=[N+]([O-])c1cc(Cl)cc2c1[nH]c1[14cH]nccc12. The number of aromatic amines is 1. The van der Waals surface area contributed by atoms with Gasteiger partial charge in [0.1, 0.15) is 5.52 Å². The number of H-pyrrole nitrogens is 1. The first-order chi connectivity index (χ1) is 8.16. The van der Waals surface area contributed by atoms with Gasteiger partial charge in [-0.05, 0) is 12.1 Å². The third-order valence-electron chi connectivity index (χ3n) is 2.65. The minimum Gasteiger partial charge on any atom is -0.348 e. The Kier molecular flexibility index (Phi) is 2.02. The van der Waals surface area contributed by atoms with Crippen molar-refractivity contribution in [3.63, 3.8) is 0 Å². The highest BCUT2D eigenvalue weighted by Crippen LogP contribution is 2.33. The Morgan fingerprint density at radius 2 is 2.24 bits per heavy atom. The maximum absolute atomic E-state index is 11.0. The van der Waals surface area contributed by atoms with Crippen LogP contribution in [0, 0.1) is 10.1 Å². The number of nitrogens with one attached hydrogen (secondary N) is 1. The molecule has 0 aliphatic carbocycles. The molecule has 2 heterocycles. The van der Waals surface area contributed by atoms with Gasteiger partial charge in [0.25, 0.3) is 5.69 Å². The maximum Gasteiger partial charge on any atom is 0.294 e. The van der Waals surface area contributed by atoms with E-state index >= 15 is 0 Å². The number of fused-ring (bicyclic) bond motifs is 3. The van der Waals surface area contributed by atoms with Crippen molar-refractivity contribution in [2.24, 2.45) is 0 Å². The molecule has 0 unspecified atom stereocenters. The van der Waals surface area contributed by atoms with Crippen molar-refractivity contribution in [3.05, 3.63) is 45.7 Å². The van der Waals surface area contributed by atoms with Crippen LogP contribution < -0.4 is 0 Å². The number of non-ortho nitro benzene ring substituents is 1. The van der Waals surface area contributed by atoms with E-state index in [2.05, 4.69) is 9.97 Å². The number of aromatic nitrogens is 2. The first-order valence-corrected chi connectivity index (χ1v) is 5.24. The number of halogens is 1. The van der Waals surface area contributed by atoms with Gasteiger partial charge in [-0.25, -0.2) is 0 Å². The summed E-state index contributed by atoms with van der Waals surface area (Å²) in [6, 6.07) is 4.85. The standard InChI is InChI=1S/C11H6ClN3O2/c12-6-3-8-7-1-2-13-5-9(7)14-11(8)10(4-6)15(16)17/h1-5,14H/i5+2. The summed E-state index contributed by atoms with van der Waals surface area (Å²) < 4.78 is 0. The van der Waals surface area contributed by atoms with E-state index in [9.17, 15) is 10.1 Å². The van der Waals surface area contributed by atoms with Gasteiger partial charge in [-0.2, -0.15) is 0 Å². The molecule has 1 aromatic carbocycles. The van der Waals surface area contributed by atoms with Gasteiger partial charge >= 0.3 is 0 Å². The molecule has 17 heavy (non-hydrogen) atoms. The van der Waals surface area contributed by atoms with Crippen molar-refractivity contribution >= 4 is 39.1 Å². The lowest BCUT2D eigenvalue weighted by atomic mass is 10.2. The Bertz CT molecular complexity index is 751. The molecule has 0 aliphatic rings. The number of nitro groups is 1. The van der Waals surface area contributed by atoms with E-state index < -0.39 is 4.92 Å². The summed E-state index contributed by atoms with van der Waals surface area (Å²) in [6.45, 7) is 0. The fourth-order valence-electron chi connectivity index (χ4n) is 1.94. The van der Waals surface area contributed by atoms with Crippen LogP contribution in [0.4, 0.5) is 5.69 Å². The van der Waals surface area contributed by atoms with Crippen molar-refractivity contribution in [1.82, 2.24) is 9.97 Å². The zero-order chi connectivity index (χ0) is 12.0. The summed E-state index contributed by atoms with van der Waals surface area (Å²) in [5, 5.41) is 12.9. The van der Waals surface area contributed by atoms with Crippen LogP contribution in [0.5, 0.6) is 0 Å². The van der Waals surface area contributed by atoms with E-state index in [1.807, 2.05) is 0 Å². The number of benzene rings is 1. The predicted molar refractivity (Wildman–Crippen MR) is 65.3 cm³/mol. The average Bonchev–Trinajstić information content (AvgIpc) is 2.66. The number of hydrogen-bond donors (Lipinski definition) is 1. The van der Waals surface area contributed by atoms with Crippen LogP contribution in [-0.4, -0.2) is 14.9 Å². The monoisotopic (exact) mass is 249 g/mol. The molecule has 0 saturated heterocycles. The molecule has 0 bridgehead atoms. The summed E-state index contributed by atoms with van der Waals surface area (Å²) in [6.07, 6.45) is 3.27. The van der Waals surface area contributed by atoms with Gasteiger partial charge < -0.3 is 4.98 Å². The van der Waals surface area contributed by atoms with Gasteiger partial charge in [0.2, 0.25) is 0 Å². The zero-order valence-corrected chi connectivity index (χ0v) is 9.23. The van der Waals surface area contributed by atoms with Crippen LogP contribution >= 0.6 is 11.6 Å². The summed E-state index contributed by atoms with van der Waals surface area (Å²) >= 11 is 5.89. The molecule has 0 amide bonds. The lowest BCUT2D eigenvalue weighted by molar-refractivity contribution is -0.383. The molecule has 6 heteroatoms. The Morgan fingerprint density at radius 1 is 1.41 bits per heavy atom. The van der Waals surface area contributed by atoms with Gasteiger partial charge in [0.05, 0.1) is 16.6 Å². The minimum absolute atomic E-state index is 0.0244. The zero-order valence-electron chi connectivity index (χ0n) is 8.48. The summed E-state index contributed by atoms with van der Waals surface area (Å²) in [7, 11) is 0. The average molecular weight is 250 g/mol. The first-order valence-electron chi connectivity index (χ1n) is 4.86. The summed E-state index contributed by atoms with van der Waals surface area (Å²) in [5.41, 5.74) is 1.21. The minimum atomic E-state index is -0.447. The van der Waals surface area contributed by atoms with Crippen molar-refractivity contribution < 1.29 is 4.92 Å². The van der Waals surface area contributed by atoms with E-state index in [1.165, 1.54) is 6.07 Å². The Hall–Kier alpha value is -2.14. The molecule has 3 aromatic rings. The van der Waals surface area contributed by atoms with Crippen molar-refractivity contribution in [3.8, 4) is 0 Å². The highest BCUT2D eigenvalue weighted by molar-refractivity contribution is 6.32. The van der Waals surface area contributed by atoms with Gasteiger partial charge in [-0.15, -0.1) is 0 Å². The van der Waals surface area contributed by atoms with Crippen LogP contribution in [0.25, 0.3) is 21.8 Å². The Morgan fingerprint density at radius 3 is 3.00 bits per heavy atom. The molecule has 0 spiro atoms. The van der Waals surface area contributed by atoms with Gasteiger partial charge in [0.15, 0.2) is 0 Å².